The second kappa shape index (κ2) is 10.6. The molecular weight excluding hydrogens is 438 g/mol. The van der Waals surface area contributed by atoms with Gasteiger partial charge in [0.2, 0.25) is 0 Å². The first-order valence-electron chi connectivity index (χ1n) is 12.3. The highest BCUT2D eigenvalue weighted by Gasteiger charge is 2.17. The molecular formula is C28H31N5O2. The van der Waals surface area contributed by atoms with Gasteiger partial charge < -0.3 is 15.4 Å². The summed E-state index contributed by atoms with van der Waals surface area (Å²) < 4.78 is 7.87. The molecule has 2 heterocycles. The van der Waals surface area contributed by atoms with E-state index in [1.165, 1.54) is 43.7 Å². The van der Waals surface area contributed by atoms with Gasteiger partial charge >= 0.3 is 6.03 Å². The SMILES string of the molecule is NC(=O)N(c1ccc(Oc2ccccc2)cc1)c1ccc2nn(CCN3CCCCCC3)cc2c1. The molecule has 0 aliphatic carbocycles. The highest BCUT2D eigenvalue weighted by molar-refractivity contribution is 6.00. The van der Waals surface area contributed by atoms with Crippen molar-refractivity contribution in [1.29, 1.82) is 0 Å². The summed E-state index contributed by atoms with van der Waals surface area (Å²) in [4.78, 5) is 16.4. The van der Waals surface area contributed by atoms with Gasteiger partial charge in [-0.15, -0.1) is 0 Å². The molecule has 1 aliphatic rings. The van der Waals surface area contributed by atoms with Gasteiger partial charge in [0.15, 0.2) is 0 Å². The number of rotatable bonds is 7. The summed E-state index contributed by atoms with van der Waals surface area (Å²) in [5, 5.41) is 5.71. The molecule has 1 saturated heterocycles. The van der Waals surface area contributed by atoms with Gasteiger partial charge in [-0.05, 0) is 80.5 Å². The fraction of sp³-hybridized carbons (Fsp3) is 0.286. The predicted molar refractivity (Wildman–Crippen MR) is 139 cm³/mol. The number of nitrogens with zero attached hydrogens (tertiary/aromatic N) is 4. The number of urea groups is 1. The van der Waals surface area contributed by atoms with E-state index in [0.717, 1.165) is 29.7 Å². The number of hydrogen-bond acceptors (Lipinski definition) is 4. The minimum absolute atomic E-state index is 0.547. The molecule has 180 valence electrons. The maximum absolute atomic E-state index is 12.4. The van der Waals surface area contributed by atoms with E-state index in [1.807, 2.05) is 83.7 Å². The zero-order valence-corrected chi connectivity index (χ0v) is 19.8. The summed E-state index contributed by atoms with van der Waals surface area (Å²) in [6.07, 6.45) is 7.29. The summed E-state index contributed by atoms with van der Waals surface area (Å²) in [5.74, 6) is 1.44. The van der Waals surface area contributed by atoms with Gasteiger partial charge in [0.05, 0.1) is 23.4 Å². The molecule has 7 nitrogen and oxygen atoms in total. The van der Waals surface area contributed by atoms with Crippen LogP contribution in [-0.2, 0) is 6.54 Å². The number of fused-ring (bicyclic) bond motifs is 1. The molecule has 0 unspecified atom stereocenters. The van der Waals surface area contributed by atoms with E-state index in [2.05, 4.69) is 4.90 Å². The number of amides is 2. The Morgan fingerprint density at radius 3 is 2.26 bits per heavy atom. The molecule has 2 amide bonds. The Morgan fingerprint density at radius 2 is 1.54 bits per heavy atom. The van der Waals surface area contributed by atoms with Crippen LogP contribution in [0.25, 0.3) is 10.9 Å². The zero-order chi connectivity index (χ0) is 24.0. The van der Waals surface area contributed by atoms with Crippen LogP contribution in [0.2, 0.25) is 0 Å². The highest BCUT2D eigenvalue weighted by Crippen LogP contribution is 2.30. The topological polar surface area (TPSA) is 76.6 Å². The van der Waals surface area contributed by atoms with Crippen LogP contribution >= 0.6 is 0 Å². The van der Waals surface area contributed by atoms with Crippen molar-refractivity contribution in [2.45, 2.75) is 32.2 Å². The Hall–Kier alpha value is -3.84. The van der Waals surface area contributed by atoms with Crippen LogP contribution in [0.15, 0.2) is 79.0 Å². The van der Waals surface area contributed by atoms with E-state index < -0.39 is 6.03 Å². The summed E-state index contributed by atoms with van der Waals surface area (Å²) in [7, 11) is 0. The molecule has 3 aromatic carbocycles. The van der Waals surface area contributed by atoms with Gasteiger partial charge in [0.1, 0.15) is 11.5 Å². The Labute approximate surface area is 205 Å². The molecule has 35 heavy (non-hydrogen) atoms. The van der Waals surface area contributed by atoms with E-state index in [4.69, 9.17) is 15.6 Å². The van der Waals surface area contributed by atoms with E-state index in [0.29, 0.717) is 17.1 Å². The lowest BCUT2D eigenvalue weighted by molar-refractivity contribution is 0.256. The summed E-state index contributed by atoms with van der Waals surface area (Å²) in [5.41, 5.74) is 8.06. The lowest BCUT2D eigenvalue weighted by Crippen LogP contribution is -2.31. The number of carbonyl (C=O) groups excluding carboxylic acids is 1. The van der Waals surface area contributed by atoms with Crippen molar-refractivity contribution >= 4 is 28.3 Å². The Bertz CT molecular complexity index is 1260. The summed E-state index contributed by atoms with van der Waals surface area (Å²) in [6.45, 7) is 4.21. The number of carbonyl (C=O) groups is 1. The average molecular weight is 470 g/mol. The van der Waals surface area contributed by atoms with Crippen LogP contribution < -0.4 is 15.4 Å². The number of hydrogen-bond donors (Lipinski definition) is 1. The maximum atomic E-state index is 12.4. The number of nitrogens with two attached hydrogens (primary N) is 1. The fourth-order valence-corrected chi connectivity index (χ4v) is 4.61. The van der Waals surface area contributed by atoms with Crippen LogP contribution in [0.1, 0.15) is 25.7 Å². The molecule has 1 fully saturated rings. The van der Waals surface area contributed by atoms with Crippen molar-refractivity contribution in [3.05, 3.63) is 79.0 Å². The number of para-hydroxylation sites is 1. The van der Waals surface area contributed by atoms with Crippen LogP contribution in [0.4, 0.5) is 16.2 Å². The number of benzene rings is 3. The first kappa shape index (κ1) is 22.9. The Balaban J connectivity index is 1.31. The van der Waals surface area contributed by atoms with Gasteiger partial charge in [0.25, 0.3) is 0 Å². The minimum Gasteiger partial charge on any atom is -0.457 e. The third-order valence-corrected chi connectivity index (χ3v) is 6.43. The van der Waals surface area contributed by atoms with Crippen molar-refractivity contribution in [2.24, 2.45) is 5.73 Å². The molecule has 1 aliphatic heterocycles. The van der Waals surface area contributed by atoms with E-state index in [1.54, 1.807) is 0 Å². The van der Waals surface area contributed by atoms with Gasteiger partial charge in [-0.2, -0.15) is 5.10 Å². The van der Waals surface area contributed by atoms with Gasteiger partial charge in [0, 0.05) is 18.1 Å². The zero-order valence-electron chi connectivity index (χ0n) is 19.8. The minimum atomic E-state index is -0.547. The van der Waals surface area contributed by atoms with Crippen molar-refractivity contribution < 1.29 is 9.53 Å². The smallest absolute Gasteiger partial charge is 0.323 e. The second-order valence-corrected chi connectivity index (χ2v) is 8.97. The van der Waals surface area contributed by atoms with Gasteiger partial charge in [-0.3, -0.25) is 9.58 Å². The van der Waals surface area contributed by atoms with Crippen molar-refractivity contribution in [1.82, 2.24) is 14.7 Å². The lowest BCUT2D eigenvalue weighted by Gasteiger charge is -2.21. The van der Waals surface area contributed by atoms with E-state index in [9.17, 15) is 4.79 Å². The van der Waals surface area contributed by atoms with Crippen molar-refractivity contribution in [3.63, 3.8) is 0 Å². The summed E-state index contributed by atoms with van der Waals surface area (Å²) in [6, 6.07) is 22.1. The van der Waals surface area contributed by atoms with E-state index >= 15 is 0 Å². The molecule has 5 rings (SSSR count). The van der Waals surface area contributed by atoms with Gasteiger partial charge in [-0.25, -0.2) is 4.79 Å². The molecule has 1 aromatic heterocycles. The van der Waals surface area contributed by atoms with E-state index in [-0.39, 0.29) is 0 Å². The highest BCUT2D eigenvalue weighted by atomic mass is 16.5. The Morgan fingerprint density at radius 1 is 0.857 bits per heavy atom. The van der Waals surface area contributed by atoms with Crippen LogP contribution in [0.5, 0.6) is 11.5 Å². The normalized spacial score (nSPS) is 14.5. The molecule has 0 spiro atoms. The number of anilines is 2. The second-order valence-electron chi connectivity index (χ2n) is 8.97. The number of likely N-dealkylation sites (tertiary alicyclic amines) is 1. The third kappa shape index (κ3) is 5.63. The maximum Gasteiger partial charge on any atom is 0.323 e. The molecule has 0 atom stereocenters. The fourth-order valence-electron chi connectivity index (χ4n) is 4.61. The number of primary amides is 1. The molecule has 4 aromatic rings. The largest absolute Gasteiger partial charge is 0.457 e. The quantitative estimate of drug-likeness (QED) is 0.364. The Kier molecular flexibility index (Phi) is 6.95. The third-order valence-electron chi connectivity index (χ3n) is 6.43. The van der Waals surface area contributed by atoms with Crippen molar-refractivity contribution in [3.8, 4) is 11.5 Å². The lowest BCUT2D eigenvalue weighted by atomic mass is 10.2. The van der Waals surface area contributed by atoms with Crippen molar-refractivity contribution in [2.75, 3.05) is 24.5 Å². The molecule has 0 radical (unpaired) electrons. The molecule has 2 N–H and O–H groups in total. The monoisotopic (exact) mass is 469 g/mol. The predicted octanol–water partition coefficient (Wildman–Crippen LogP) is 5.92. The van der Waals surface area contributed by atoms with Gasteiger partial charge in [-0.1, -0.05) is 31.0 Å². The first-order chi connectivity index (χ1) is 17.2. The summed E-state index contributed by atoms with van der Waals surface area (Å²) >= 11 is 0. The number of ether oxygens (including phenoxy) is 1. The van der Waals surface area contributed by atoms with Crippen LogP contribution in [0, 0.1) is 0 Å². The molecule has 0 bridgehead atoms. The van der Waals surface area contributed by atoms with Crippen LogP contribution in [-0.4, -0.2) is 40.3 Å². The van der Waals surface area contributed by atoms with Crippen LogP contribution in [0.3, 0.4) is 0 Å². The molecule has 0 saturated carbocycles. The first-order valence-corrected chi connectivity index (χ1v) is 12.3. The standard InChI is InChI=1S/C28H31N5O2/c29-28(34)33(23-10-13-26(14-11-23)35-25-8-4-3-5-9-25)24-12-15-27-22(20-24)21-32(30-27)19-18-31-16-6-1-2-7-17-31/h3-5,8-15,20-21H,1-2,6-7,16-19H2,(H2,29,34). The molecule has 7 heteroatoms. The average Bonchev–Trinajstić information content (AvgIpc) is 3.09. The number of aromatic nitrogens is 2.